The van der Waals surface area contributed by atoms with E-state index in [1.807, 2.05) is 18.2 Å². The monoisotopic (exact) mass is 463 g/mol. The Morgan fingerprint density at radius 3 is 2.50 bits per heavy atom. The number of hydrogen-bond donors (Lipinski definition) is 2. The summed E-state index contributed by atoms with van der Waals surface area (Å²) in [6.45, 7) is 1.42. The van der Waals surface area contributed by atoms with Gasteiger partial charge in [-0.1, -0.05) is 12.1 Å². The van der Waals surface area contributed by atoms with Crippen molar-refractivity contribution in [1.29, 1.82) is 0 Å². The first-order chi connectivity index (χ1) is 16.5. The quantitative estimate of drug-likeness (QED) is 0.563. The van der Waals surface area contributed by atoms with E-state index < -0.39 is 0 Å². The number of halogens is 1. The van der Waals surface area contributed by atoms with Gasteiger partial charge in [0.15, 0.2) is 0 Å². The first-order valence-corrected chi connectivity index (χ1v) is 11.2. The predicted octanol–water partition coefficient (Wildman–Crippen LogP) is 2.83. The lowest BCUT2D eigenvalue weighted by molar-refractivity contribution is -0.126. The van der Waals surface area contributed by atoms with Crippen LogP contribution in [0.5, 0.6) is 0 Å². The molecular weight excluding hydrogens is 437 g/mol. The van der Waals surface area contributed by atoms with Crippen LogP contribution in [0, 0.1) is 11.7 Å². The van der Waals surface area contributed by atoms with Gasteiger partial charge in [0, 0.05) is 49.2 Å². The third-order valence-corrected chi connectivity index (χ3v) is 5.79. The Morgan fingerprint density at radius 2 is 1.79 bits per heavy atom. The molecule has 0 unspecified atom stereocenters. The Hall–Kier alpha value is -4.01. The van der Waals surface area contributed by atoms with E-state index in [0.29, 0.717) is 43.7 Å². The summed E-state index contributed by atoms with van der Waals surface area (Å²) in [6.07, 6.45) is 4.48. The molecule has 0 atom stereocenters. The number of carbonyl (C=O) groups is 3. The number of carbonyl (C=O) groups excluding carboxylic acids is 3. The molecule has 0 aliphatic carbocycles. The molecule has 8 nitrogen and oxygen atoms in total. The summed E-state index contributed by atoms with van der Waals surface area (Å²) in [4.78, 5) is 39.1. The molecule has 34 heavy (non-hydrogen) atoms. The molecule has 1 aliphatic rings. The Balaban J connectivity index is 1.23. The van der Waals surface area contributed by atoms with Gasteiger partial charge in [-0.25, -0.2) is 4.39 Å². The summed E-state index contributed by atoms with van der Waals surface area (Å²) < 4.78 is 14.6. The van der Waals surface area contributed by atoms with E-state index in [1.54, 1.807) is 29.4 Å². The van der Waals surface area contributed by atoms with E-state index in [0.717, 1.165) is 5.56 Å². The standard InChI is InChI=1S/C25H26FN5O3/c26-21-7-5-20(6-8-21)25(34)30-13-9-19(10-14-30)24(33)27-16-18-3-1-4-22(15-18)29-23(32)17-31-12-2-11-28-31/h1-8,11-12,15,19H,9-10,13-14,16-17H2,(H,27,33)(H,29,32). The topological polar surface area (TPSA) is 96.3 Å². The van der Waals surface area contributed by atoms with Gasteiger partial charge in [0.05, 0.1) is 0 Å². The van der Waals surface area contributed by atoms with Crippen LogP contribution in [-0.4, -0.2) is 45.5 Å². The van der Waals surface area contributed by atoms with Crippen LogP contribution in [0.4, 0.5) is 10.1 Å². The molecule has 2 heterocycles. The van der Waals surface area contributed by atoms with Crippen molar-refractivity contribution in [3.8, 4) is 0 Å². The number of anilines is 1. The van der Waals surface area contributed by atoms with Crippen molar-refractivity contribution in [3.63, 3.8) is 0 Å². The van der Waals surface area contributed by atoms with Crippen molar-refractivity contribution in [2.24, 2.45) is 5.92 Å². The van der Waals surface area contributed by atoms with Gasteiger partial charge in [-0.15, -0.1) is 0 Å². The second-order valence-electron chi connectivity index (χ2n) is 8.24. The lowest BCUT2D eigenvalue weighted by atomic mass is 9.95. The second-order valence-corrected chi connectivity index (χ2v) is 8.24. The highest BCUT2D eigenvalue weighted by atomic mass is 19.1. The molecule has 1 aromatic heterocycles. The van der Waals surface area contributed by atoms with Crippen molar-refractivity contribution in [2.45, 2.75) is 25.9 Å². The maximum absolute atomic E-state index is 13.1. The molecule has 0 radical (unpaired) electrons. The van der Waals surface area contributed by atoms with Gasteiger partial charge < -0.3 is 15.5 Å². The van der Waals surface area contributed by atoms with Crippen molar-refractivity contribution < 1.29 is 18.8 Å². The third kappa shape index (κ3) is 6.06. The van der Waals surface area contributed by atoms with Crippen molar-refractivity contribution >= 4 is 23.4 Å². The average molecular weight is 464 g/mol. The summed E-state index contributed by atoms with van der Waals surface area (Å²) in [5.41, 5.74) is 1.96. The molecule has 9 heteroatoms. The van der Waals surface area contributed by atoms with Crippen molar-refractivity contribution in [2.75, 3.05) is 18.4 Å². The minimum atomic E-state index is -0.380. The fourth-order valence-corrected chi connectivity index (χ4v) is 3.95. The maximum Gasteiger partial charge on any atom is 0.253 e. The van der Waals surface area contributed by atoms with Gasteiger partial charge in [0.2, 0.25) is 11.8 Å². The number of aromatic nitrogens is 2. The van der Waals surface area contributed by atoms with Crippen LogP contribution < -0.4 is 10.6 Å². The van der Waals surface area contributed by atoms with Gasteiger partial charge in [0.1, 0.15) is 12.4 Å². The zero-order valence-electron chi connectivity index (χ0n) is 18.6. The van der Waals surface area contributed by atoms with Gasteiger partial charge in [-0.05, 0) is 60.9 Å². The summed E-state index contributed by atoms with van der Waals surface area (Å²) in [5, 5.41) is 9.80. The first-order valence-electron chi connectivity index (χ1n) is 11.2. The highest BCUT2D eigenvalue weighted by Crippen LogP contribution is 2.20. The smallest absolute Gasteiger partial charge is 0.253 e. The van der Waals surface area contributed by atoms with Crippen LogP contribution in [0.15, 0.2) is 67.0 Å². The predicted molar refractivity (Wildman–Crippen MR) is 124 cm³/mol. The number of piperidine rings is 1. The molecule has 1 fully saturated rings. The summed E-state index contributed by atoms with van der Waals surface area (Å²) in [5.74, 6) is -0.942. The fraction of sp³-hybridized carbons (Fsp3) is 0.280. The largest absolute Gasteiger partial charge is 0.352 e. The Kier molecular flexibility index (Phi) is 7.31. The van der Waals surface area contributed by atoms with E-state index in [2.05, 4.69) is 15.7 Å². The highest BCUT2D eigenvalue weighted by Gasteiger charge is 2.27. The van der Waals surface area contributed by atoms with Crippen LogP contribution in [-0.2, 0) is 22.7 Å². The molecular formula is C25H26FN5O3. The van der Waals surface area contributed by atoms with E-state index in [-0.39, 0.29) is 36.0 Å². The normalized spacial score (nSPS) is 14.0. The number of nitrogens with one attached hydrogen (secondary N) is 2. The van der Waals surface area contributed by atoms with Crippen LogP contribution in [0.25, 0.3) is 0 Å². The molecule has 3 amide bonds. The van der Waals surface area contributed by atoms with E-state index in [4.69, 9.17) is 0 Å². The Bertz CT molecular complexity index is 1140. The molecule has 4 rings (SSSR count). The summed E-state index contributed by atoms with van der Waals surface area (Å²) in [7, 11) is 0. The molecule has 0 spiro atoms. The molecule has 0 bridgehead atoms. The van der Waals surface area contributed by atoms with E-state index in [9.17, 15) is 18.8 Å². The maximum atomic E-state index is 13.1. The SMILES string of the molecule is O=C(Cn1cccn1)Nc1cccc(CNC(=O)C2CCN(C(=O)c3ccc(F)cc3)CC2)c1. The minimum absolute atomic E-state index is 0.0537. The van der Waals surface area contributed by atoms with Gasteiger partial charge in [-0.3, -0.25) is 19.1 Å². The molecule has 3 aromatic rings. The fourth-order valence-electron chi connectivity index (χ4n) is 3.95. The zero-order chi connectivity index (χ0) is 23.9. The first kappa shape index (κ1) is 23.2. The van der Waals surface area contributed by atoms with Gasteiger partial charge in [0.25, 0.3) is 5.91 Å². The lowest BCUT2D eigenvalue weighted by Crippen LogP contribution is -2.42. The molecule has 2 aromatic carbocycles. The number of amides is 3. The number of benzene rings is 2. The highest BCUT2D eigenvalue weighted by molar-refractivity contribution is 5.94. The molecule has 176 valence electrons. The van der Waals surface area contributed by atoms with Gasteiger partial charge >= 0.3 is 0 Å². The third-order valence-electron chi connectivity index (χ3n) is 5.79. The van der Waals surface area contributed by atoms with Crippen molar-refractivity contribution in [3.05, 3.63) is 83.9 Å². The number of rotatable bonds is 7. The number of nitrogens with zero attached hydrogens (tertiary/aromatic N) is 3. The van der Waals surface area contributed by atoms with Gasteiger partial charge in [-0.2, -0.15) is 5.10 Å². The zero-order valence-corrected chi connectivity index (χ0v) is 18.6. The molecule has 1 aliphatic heterocycles. The van der Waals surface area contributed by atoms with Crippen LogP contribution in [0.3, 0.4) is 0 Å². The minimum Gasteiger partial charge on any atom is -0.352 e. The lowest BCUT2D eigenvalue weighted by Gasteiger charge is -2.31. The van der Waals surface area contributed by atoms with E-state index >= 15 is 0 Å². The molecule has 1 saturated heterocycles. The number of hydrogen-bond acceptors (Lipinski definition) is 4. The van der Waals surface area contributed by atoms with E-state index in [1.165, 1.54) is 28.9 Å². The second kappa shape index (κ2) is 10.7. The van der Waals surface area contributed by atoms with Crippen LogP contribution in [0.2, 0.25) is 0 Å². The Morgan fingerprint density at radius 1 is 1.03 bits per heavy atom. The average Bonchev–Trinajstić information content (AvgIpc) is 3.36. The summed E-state index contributed by atoms with van der Waals surface area (Å²) in [6, 6.07) is 14.6. The van der Waals surface area contributed by atoms with Crippen LogP contribution >= 0.6 is 0 Å². The van der Waals surface area contributed by atoms with Crippen LogP contribution in [0.1, 0.15) is 28.8 Å². The molecule has 2 N–H and O–H groups in total. The Labute approximate surface area is 196 Å². The summed E-state index contributed by atoms with van der Waals surface area (Å²) >= 11 is 0. The van der Waals surface area contributed by atoms with Crippen molar-refractivity contribution in [1.82, 2.24) is 20.0 Å². The number of likely N-dealkylation sites (tertiary alicyclic amines) is 1. The molecule has 0 saturated carbocycles.